The maximum Gasteiger partial charge on any atom is 0.210 e. The Morgan fingerprint density at radius 2 is 2.00 bits per heavy atom. The summed E-state index contributed by atoms with van der Waals surface area (Å²) in [6, 6.07) is 5.98. The minimum atomic E-state index is -0.0730. The van der Waals surface area contributed by atoms with Gasteiger partial charge < -0.3 is 24.7 Å². The van der Waals surface area contributed by atoms with E-state index in [1.165, 1.54) is 5.69 Å². The molecular weight excluding hydrogens is 518 g/mol. The highest BCUT2D eigenvalue weighted by Gasteiger charge is 2.30. The Bertz CT molecular complexity index is 1460. The van der Waals surface area contributed by atoms with Crippen LogP contribution in [-0.2, 0) is 17.2 Å². The molecule has 1 aliphatic heterocycles. The lowest BCUT2D eigenvalue weighted by Crippen LogP contribution is -2.27. The fourth-order valence-corrected chi connectivity index (χ4v) is 5.18. The van der Waals surface area contributed by atoms with Gasteiger partial charge in [-0.2, -0.15) is 10.1 Å². The van der Waals surface area contributed by atoms with Crippen molar-refractivity contribution in [3.8, 4) is 11.5 Å². The molecule has 208 valence electrons. The van der Waals surface area contributed by atoms with Crippen molar-refractivity contribution in [1.29, 1.82) is 0 Å². The summed E-state index contributed by atoms with van der Waals surface area (Å²) in [5.74, 6) is 3.06. The van der Waals surface area contributed by atoms with Gasteiger partial charge >= 0.3 is 0 Å². The van der Waals surface area contributed by atoms with Gasteiger partial charge in [0, 0.05) is 70.3 Å². The van der Waals surface area contributed by atoms with Crippen molar-refractivity contribution in [2.24, 2.45) is 7.05 Å². The second kappa shape index (κ2) is 11.0. The Labute approximate surface area is 233 Å². The van der Waals surface area contributed by atoms with Gasteiger partial charge in [0.2, 0.25) is 5.95 Å². The van der Waals surface area contributed by atoms with Crippen molar-refractivity contribution < 1.29 is 9.47 Å². The number of hydrogen-bond acceptors (Lipinski definition) is 9. The number of halogens is 1. The molecule has 0 unspecified atom stereocenters. The third kappa shape index (κ3) is 5.66. The Kier molecular flexibility index (Phi) is 7.66. The molecule has 5 heterocycles. The van der Waals surface area contributed by atoms with Crippen LogP contribution in [0.3, 0.4) is 0 Å². The number of fused-ring (bicyclic) bond motifs is 1. The molecule has 11 nitrogen and oxygen atoms in total. The molecule has 5 rings (SSSR count). The van der Waals surface area contributed by atoms with Gasteiger partial charge in [0.1, 0.15) is 22.1 Å². The van der Waals surface area contributed by atoms with Gasteiger partial charge in [0.15, 0.2) is 17.2 Å². The normalized spacial score (nSPS) is 16.2. The molecule has 0 aromatic carbocycles. The van der Waals surface area contributed by atoms with Crippen molar-refractivity contribution in [2.75, 3.05) is 51.0 Å². The van der Waals surface area contributed by atoms with Crippen molar-refractivity contribution in [3.63, 3.8) is 0 Å². The highest BCUT2D eigenvalue weighted by Crippen LogP contribution is 2.37. The SMILES string of the molecule is CNc1cc(Oc2cnc3nc(Nc4cc(C(C)(C)C)n([C@@H]5CCN(CCOC)C5)n4)n(C)c3c2Cl)ccn1. The highest BCUT2D eigenvalue weighted by molar-refractivity contribution is 6.36. The fourth-order valence-electron chi connectivity index (χ4n) is 4.88. The summed E-state index contributed by atoms with van der Waals surface area (Å²) in [5, 5.41) is 11.8. The lowest BCUT2D eigenvalue weighted by atomic mass is 9.91. The zero-order valence-corrected chi connectivity index (χ0v) is 24.1. The van der Waals surface area contributed by atoms with Gasteiger partial charge in [-0.15, -0.1) is 0 Å². The number of hydrogen-bond donors (Lipinski definition) is 2. The molecule has 1 saturated heterocycles. The molecule has 0 spiro atoms. The van der Waals surface area contributed by atoms with E-state index < -0.39 is 0 Å². The van der Waals surface area contributed by atoms with Gasteiger partial charge in [-0.3, -0.25) is 9.58 Å². The molecule has 12 heteroatoms. The van der Waals surface area contributed by atoms with E-state index in [4.69, 9.17) is 31.2 Å². The second-order valence-corrected chi connectivity index (χ2v) is 11.2. The molecule has 0 aliphatic carbocycles. The lowest BCUT2D eigenvalue weighted by molar-refractivity contribution is 0.158. The van der Waals surface area contributed by atoms with Crippen LogP contribution in [0.15, 0.2) is 30.6 Å². The minimum absolute atomic E-state index is 0.0730. The van der Waals surface area contributed by atoms with Gasteiger partial charge in [-0.25, -0.2) is 9.97 Å². The average Bonchev–Trinajstić information content (AvgIpc) is 3.62. The zero-order valence-electron chi connectivity index (χ0n) is 23.3. The van der Waals surface area contributed by atoms with Crippen LogP contribution in [0.25, 0.3) is 11.2 Å². The highest BCUT2D eigenvalue weighted by atomic mass is 35.5. The van der Waals surface area contributed by atoms with Crippen LogP contribution in [0.5, 0.6) is 11.5 Å². The van der Waals surface area contributed by atoms with Crippen LogP contribution in [0.4, 0.5) is 17.6 Å². The van der Waals surface area contributed by atoms with Crippen molar-refractivity contribution in [1.82, 2.24) is 34.2 Å². The van der Waals surface area contributed by atoms with Gasteiger partial charge in [0.25, 0.3) is 0 Å². The predicted octanol–water partition coefficient (Wildman–Crippen LogP) is 4.98. The number of aromatic nitrogens is 6. The van der Waals surface area contributed by atoms with Crippen LogP contribution in [0, 0.1) is 0 Å². The van der Waals surface area contributed by atoms with Gasteiger partial charge in [-0.05, 0) is 12.5 Å². The van der Waals surface area contributed by atoms with Crippen molar-refractivity contribution in [2.45, 2.75) is 38.6 Å². The maximum atomic E-state index is 6.79. The molecule has 4 aromatic heterocycles. The number of imidazole rings is 1. The molecule has 1 fully saturated rings. The number of methoxy groups -OCH3 is 1. The minimum Gasteiger partial charge on any atom is -0.454 e. The average molecular weight is 554 g/mol. The fraction of sp³-hybridized carbons (Fsp3) is 0.481. The van der Waals surface area contributed by atoms with E-state index in [0.717, 1.165) is 38.5 Å². The van der Waals surface area contributed by atoms with E-state index in [-0.39, 0.29) is 5.41 Å². The Hall–Kier alpha value is -3.41. The van der Waals surface area contributed by atoms with Crippen LogP contribution in [0.2, 0.25) is 5.02 Å². The summed E-state index contributed by atoms with van der Waals surface area (Å²) in [4.78, 5) is 15.9. The van der Waals surface area contributed by atoms with Crippen LogP contribution < -0.4 is 15.4 Å². The molecule has 0 saturated carbocycles. The molecular formula is C27H36ClN9O2. The first kappa shape index (κ1) is 27.2. The Balaban J connectivity index is 1.42. The first-order valence-electron chi connectivity index (χ1n) is 13.1. The van der Waals surface area contributed by atoms with Gasteiger partial charge in [-0.1, -0.05) is 32.4 Å². The van der Waals surface area contributed by atoms with Crippen LogP contribution in [-0.4, -0.2) is 74.6 Å². The molecule has 1 atom stereocenters. The van der Waals surface area contributed by atoms with E-state index in [1.807, 2.05) is 11.6 Å². The summed E-state index contributed by atoms with van der Waals surface area (Å²) >= 11 is 6.79. The number of nitrogens with zero attached hydrogens (tertiary/aromatic N) is 7. The van der Waals surface area contributed by atoms with E-state index in [1.54, 1.807) is 38.7 Å². The number of nitrogens with one attached hydrogen (secondary N) is 2. The molecule has 0 bridgehead atoms. The molecule has 0 amide bonds. The summed E-state index contributed by atoms with van der Waals surface area (Å²) in [6.45, 7) is 10.3. The van der Waals surface area contributed by atoms with E-state index >= 15 is 0 Å². The molecule has 39 heavy (non-hydrogen) atoms. The lowest BCUT2D eigenvalue weighted by Gasteiger charge is -2.23. The molecule has 1 aliphatic rings. The van der Waals surface area contributed by atoms with Crippen LogP contribution >= 0.6 is 11.6 Å². The Morgan fingerprint density at radius 3 is 2.74 bits per heavy atom. The van der Waals surface area contributed by atoms with Crippen molar-refractivity contribution in [3.05, 3.63) is 41.3 Å². The topological polar surface area (TPSA) is 107 Å². The van der Waals surface area contributed by atoms with E-state index in [9.17, 15) is 0 Å². The van der Waals surface area contributed by atoms with Gasteiger partial charge in [0.05, 0.1) is 18.8 Å². The quantitative estimate of drug-likeness (QED) is 0.296. The number of ether oxygens (including phenoxy) is 2. The van der Waals surface area contributed by atoms with E-state index in [0.29, 0.717) is 45.5 Å². The number of aryl methyl sites for hydroxylation is 1. The largest absolute Gasteiger partial charge is 0.454 e. The number of likely N-dealkylation sites (tertiary alicyclic amines) is 1. The first-order valence-corrected chi connectivity index (χ1v) is 13.5. The predicted molar refractivity (Wildman–Crippen MR) is 154 cm³/mol. The molecule has 4 aromatic rings. The smallest absolute Gasteiger partial charge is 0.210 e. The number of pyridine rings is 2. The third-order valence-corrected chi connectivity index (χ3v) is 7.33. The summed E-state index contributed by atoms with van der Waals surface area (Å²) in [6.07, 6.45) is 4.30. The van der Waals surface area contributed by atoms with Crippen LogP contribution in [0.1, 0.15) is 38.9 Å². The zero-order chi connectivity index (χ0) is 27.7. The second-order valence-electron chi connectivity index (χ2n) is 10.8. The number of anilines is 3. The van der Waals surface area contributed by atoms with E-state index in [2.05, 4.69) is 57.0 Å². The maximum absolute atomic E-state index is 6.79. The number of rotatable bonds is 9. The Morgan fingerprint density at radius 1 is 1.18 bits per heavy atom. The summed E-state index contributed by atoms with van der Waals surface area (Å²) < 4.78 is 15.4. The summed E-state index contributed by atoms with van der Waals surface area (Å²) in [7, 11) is 5.44. The van der Waals surface area contributed by atoms with Crippen molar-refractivity contribution >= 4 is 40.3 Å². The third-order valence-electron chi connectivity index (χ3n) is 6.97. The standard InChI is InChI=1S/C27H36ClN9O2/c1-27(2,3)20-14-22(34-37(20)17-8-10-36(16-17)11-12-38-6)32-26-33-25-24(35(26)5)23(28)19(15-31-25)39-18-7-9-30-21(13-18)29-4/h7,9,13-15,17H,8,10-12,16H2,1-6H3,(H,29,30)(H,31,32,33,34)/t17-/m1/s1. The summed E-state index contributed by atoms with van der Waals surface area (Å²) in [5.41, 5.74) is 2.28. The first-order chi connectivity index (χ1) is 18.7. The molecule has 2 N–H and O–H groups in total. The molecule has 0 radical (unpaired) electrons. The monoisotopic (exact) mass is 553 g/mol.